The lowest BCUT2D eigenvalue weighted by molar-refractivity contribution is -0.122. The van der Waals surface area contributed by atoms with Gasteiger partial charge in [-0.15, -0.1) is 0 Å². The molecule has 1 aromatic rings. The third-order valence-electron chi connectivity index (χ3n) is 4.35. The molecule has 1 aromatic carbocycles. The molecule has 1 aliphatic carbocycles. The van der Waals surface area contributed by atoms with E-state index in [1.807, 2.05) is 6.92 Å². The molecule has 0 spiro atoms. The molecule has 1 aliphatic heterocycles. The largest absolute Gasteiger partial charge is 0.371 e. The van der Waals surface area contributed by atoms with Crippen molar-refractivity contribution < 1.29 is 4.79 Å². The van der Waals surface area contributed by atoms with Crippen molar-refractivity contribution in [3.8, 4) is 0 Å². The van der Waals surface area contributed by atoms with Gasteiger partial charge in [-0.3, -0.25) is 4.79 Å². The summed E-state index contributed by atoms with van der Waals surface area (Å²) < 4.78 is 0. The van der Waals surface area contributed by atoms with Crippen molar-refractivity contribution in [1.29, 1.82) is 0 Å². The number of carbonyl (C=O) groups excluding carboxylic acids is 1. The molecular weight excluding hydrogens is 262 g/mol. The van der Waals surface area contributed by atoms with Crippen molar-refractivity contribution in [2.75, 3.05) is 18.0 Å². The van der Waals surface area contributed by atoms with Gasteiger partial charge in [-0.05, 0) is 44.2 Å². The smallest absolute Gasteiger partial charge is 0.237 e. The van der Waals surface area contributed by atoms with Crippen LogP contribution in [-0.4, -0.2) is 31.1 Å². The first-order chi connectivity index (χ1) is 10.2. The van der Waals surface area contributed by atoms with Crippen molar-refractivity contribution in [1.82, 2.24) is 10.6 Å². The van der Waals surface area contributed by atoms with Crippen LogP contribution in [0.1, 0.15) is 38.2 Å². The molecular formula is C17H25N3O. The van der Waals surface area contributed by atoms with Gasteiger partial charge in [-0.25, -0.2) is 0 Å². The van der Waals surface area contributed by atoms with Crippen LogP contribution in [0.4, 0.5) is 5.69 Å². The van der Waals surface area contributed by atoms with Crippen molar-refractivity contribution >= 4 is 11.6 Å². The Morgan fingerprint density at radius 1 is 1.29 bits per heavy atom. The van der Waals surface area contributed by atoms with Crippen LogP contribution in [0.15, 0.2) is 24.3 Å². The molecule has 1 saturated carbocycles. The Hall–Kier alpha value is -1.55. The molecule has 1 heterocycles. The highest BCUT2D eigenvalue weighted by Crippen LogP contribution is 2.24. The lowest BCUT2D eigenvalue weighted by Crippen LogP contribution is -2.42. The van der Waals surface area contributed by atoms with Gasteiger partial charge in [0.15, 0.2) is 0 Å². The number of benzene rings is 1. The second kappa shape index (κ2) is 6.48. The third-order valence-corrected chi connectivity index (χ3v) is 4.35. The Bertz CT molecular complexity index is 493. The molecule has 114 valence electrons. The summed E-state index contributed by atoms with van der Waals surface area (Å²) in [6.07, 6.45) is 4.83. The van der Waals surface area contributed by atoms with Gasteiger partial charge in [-0.1, -0.05) is 18.2 Å². The molecule has 4 nitrogen and oxygen atoms in total. The molecule has 1 atom stereocenters. The summed E-state index contributed by atoms with van der Waals surface area (Å²) in [6.45, 7) is 4.98. The second-order valence-corrected chi connectivity index (χ2v) is 6.21. The number of nitrogens with one attached hydrogen (secondary N) is 2. The van der Waals surface area contributed by atoms with Crippen LogP contribution in [0.3, 0.4) is 0 Å². The number of hydrogen-bond donors (Lipinski definition) is 2. The maximum absolute atomic E-state index is 12.0. The van der Waals surface area contributed by atoms with E-state index in [0.29, 0.717) is 6.04 Å². The lowest BCUT2D eigenvalue weighted by atomic mass is 10.1. The monoisotopic (exact) mass is 287 g/mol. The van der Waals surface area contributed by atoms with Gasteiger partial charge in [0.25, 0.3) is 0 Å². The number of para-hydroxylation sites is 1. The Labute approximate surface area is 126 Å². The van der Waals surface area contributed by atoms with Gasteiger partial charge in [-0.2, -0.15) is 0 Å². The fourth-order valence-corrected chi connectivity index (χ4v) is 2.84. The fourth-order valence-electron chi connectivity index (χ4n) is 2.84. The van der Waals surface area contributed by atoms with E-state index >= 15 is 0 Å². The number of anilines is 1. The van der Waals surface area contributed by atoms with E-state index in [2.05, 4.69) is 39.8 Å². The molecule has 0 radical (unpaired) electrons. The first-order valence-corrected chi connectivity index (χ1v) is 8.10. The van der Waals surface area contributed by atoms with E-state index < -0.39 is 0 Å². The topological polar surface area (TPSA) is 44.4 Å². The summed E-state index contributed by atoms with van der Waals surface area (Å²) in [5.41, 5.74) is 2.60. The predicted molar refractivity (Wildman–Crippen MR) is 85.4 cm³/mol. The second-order valence-electron chi connectivity index (χ2n) is 6.21. The zero-order valence-electron chi connectivity index (χ0n) is 12.8. The van der Waals surface area contributed by atoms with Crippen LogP contribution >= 0.6 is 0 Å². The van der Waals surface area contributed by atoms with Crippen LogP contribution in [0.25, 0.3) is 0 Å². The molecule has 1 saturated heterocycles. The van der Waals surface area contributed by atoms with Crippen LogP contribution in [0.2, 0.25) is 0 Å². The maximum Gasteiger partial charge on any atom is 0.237 e. The highest BCUT2D eigenvalue weighted by molar-refractivity contribution is 5.81. The van der Waals surface area contributed by atoms with Gasteiger partial charge >= 0.3 is 0 Å². The molecule has 1 amide bonds. The van der Waals surface area contributed by atoms with E-state index in [0.717, 1.165) is 32.5 Å². The maximum atomic E-state index is 12.0. The first-order valence-electron chi connectivity index (χ1n) is 8.10. The number of amides is 1. The summed E-state index contributed by atoms with van der Waals surface area (Å²) >= 11 is 0. The van der Waals surface area contributed by atoms with Gasteiger partial charge in [0, 0.05) is 31.4 Å². The highest BCUT2D eigenvalue weighted by Gasteiger charge is 2.25. The van der Waals surface area contributed by atoms with Gasteiger partial charge < -0.3 is 15.5 Å². The standard InChI is InChI=1S/C17H25N3O/c1-13(17(21)19-15-8-9-15)18-12-14-6-2-3-7-16(14)20-10-4-5-11-20/h2-3,6-7,13,15,18H,4-5,8-12H2,1H3,(H,19,21). The zero-order valence-corrected chi connectivity index (χ0v) is 12.8. The Kier molecular flexibility index (Phi) is 4.44. The number of nitrogens with zero attached hydrogens (tertiary/aromatic N) is 1. The van der Waals surface area contributed by atoms with E-state index in [9.17, 15) is 4.79 Å². The number of rotatable bonds is 6. The summed E-state index contributed by atoms with van der Waals surface area (Å²) in [7, 11) is 0. The molecule has 2 N–H and O–H groups in total. The SMILES string of the molecule is CC(NCc1ccccc1N1CCCC1)C(=O)NC1CC1. The van der Waals surface area contributed by atoms with Crippen molar-refractivity contribution in [2.24, 2.45) is 0 Å². The van der Waals surface area contributed by atoms with E-state index in [1.165, 1.54) is 24.1 Å². The average molecular weight is 287 g/mol. The molecule has 1 unspecified atom stereocenters. The van der Waals surface area contributed by atoms with Crippen molar-refractivity contribution in [2.45, 2.75) is 51.2 Å². The predicted octanol–water partition coefficient (Wildman–Crippen LogP) is 2.04. The minimum atomic E-state index is -0.141. The fraction of sp³-hybridized carbons (Fsp3) is 0.588. The lowest BCUT2D eigenvalue weighted by Gasteiger charge is -2.22. The average Bonchev–Trinajstić information content (AvgIpc) is 3.15. The van der Waals surface area contributed by atoms with Gasteiger partial charge in [0.1, 0.15) is 0 Å². The molecule has 4 heteroatoms. The molecule has 0 bridgehead atoms. The molecule has 2 aliphatic rings. The van der Waals surface area contributed by atoms with Crippen LogP contribution in [0, 0.1) is 0 Å². The van der Waals surface area contributed by atoms with E-state index in [4.69, 9.17) is 0 Å². The minimum Gasteiger partial charge on any atom is -0.371 e. The van der Waals surface area contributed by atoms with Crippen LogP contribution in [0.5, 0.6) is 0 Å². The van der Waals surface area contributed by atoms with E-state index in [-0.39, 0.29) is 11.9 Å². The van der Waals surface area contributed by atoms with Gasteiger partial charge in [0.2, 0.25) is 5.91 Å². The zero-order chi connectivity index (χ0) is 14.7. The number of carbonyl (C=O) groups is 1. The van der Waals surface area contributed by atoms with Crippen molar-refractivity contribution in [3.05, 3.63) is 29.8 Å². The third kappa shape index (κ3) is 3.76. The van der Waals surface area contributed by atoms with E-state index in [1.54, 1.807) is 0 Å². The summed E-state index contributed by atoms with van der Waals surface area (Å²) in [5.74, 6) is 0.121. The summed E-state index contributed by atoms with van der Waals surface area (Å²) in [6, 6.07) is 8.81. The quantitative estimate of drug-likeness (QED) is 0.841. The van der Waals surface area contributed by atoms with Crippen molar-refractivity contribution in [3.63, 3.8) is 0 Å². The van der Waals surface area contributed by atoms with Gasteiger partial charge in [0.05, 0.1) is 6.04 Å². The Balaban J connectivity index is 1.57. The first kappa shape index (κ1) is 14.4. The minimum absolute atomic E-state index is 0.121. The molecule has 21 heavy (non-hydrogen) atoms. The molecule has 3 rings (SSSR count). The molecule has 0 aromatic heterocycles. The highest BCUT2D eigenvalue weighted by atomic mass is 16.2. The summed E-state index contributed by atoms with van der Waals surface area (Å²) in [5, 5.41) is 6.40. The Morgan fingerprint density at radius 3 is 2.71 bits per heavy atom. The Morgan fingerprint density at radius 2 is 2.00 bits per heavy atom. The van der Waals surface area contributed by atoms with Crippen LogP contribution in [-0.2, 0) is 11.3 Å². The molecule has 2 fully saturated rings. The number of hydrogen-bond acceptors (Lipinski definition) is 3. The van der Waals surface area contributed by atoms with Crippen LogP contribution < -0.4 is 15.5 Å². The normalized spacial score (nSPS) is 19.6. The summed E-state index contributed by atoms with van der Waals surface area (Å²) in [4.78, 5) is 14.4.